The highest BCUT2D eigenvalue weighted by Crippen LogP contribution is 2.42. The normalized spacial score (nSPS) is 22.8. The molecular formula is C53H70N8O7. The van der Waals surface area contributed by atoms with Crippen molar-refractivity contribution < 1.29 is 33.4 Å². The van der Waals surface area contributed by atoms with E-state index < -0.39 is 29.5 Å². The van der Waals surface area contributed by atoms with E-state index in [2.05, 4.69) is 84.4 Å². The second kappa shape index (κ2) is 21.3. The van der Waals surface area contributed by atoms with Crippen LogP contribution >= 0.6 is 0 Å². The summed E-state index contributed by atoms with van der Waals surface area (Å²) in [7, 11) is 5.45. The molecule has 3 N–H and O–H groups in total. The van der Waals surface area contributed by atoms with Gasteiger partial charge in [0.25, 0.3) is 11.8 Å². The van der Waals surface area contributed by atoms with Gasteiger partial charge in [0, 0.05) is 73.4 Å². The first-order valence-electron chi connectivity index (χ1n) is 24.1. The number of cyclic esters (lactones) is 1. The zero-order valence-corrected chi connectivity index (χ0v) is 41.3. The molecule has 2 aromatic heterocycles. The number of carbonyl (C=O) groups excluding carboxylic acids is 5. The fourth-order valence-electron chi connectivity index (χ4n) is 10.3. The molecule has 4 unspecified atom stereocenters. The zero-order chi connectivity index (χ0) is 49.0. The van der Waals surface area contributed by atoms with E-state index in [9.17, 15) is 24.0 Å². The molecule has 8 rings (SSSR count). The molecule has 0 saturated carbocycles. The highest BCUT2D eigenvalue weighted by molar-refractivity contribution is 5.96. The molecule has 364 valence electrons. The Morgan fingerprint density at radius 1 is 1.06 bits per heavy atom. The smallest absolute Gasteiger partial charge is 0.324 e. The van der Waals surface area contributed by atoms with Crippen molar-refractivity contribution in [2.24, 2.45) is 17.3 Å². The number of rotatable bonds is 9. The minimum absolute atomic E-state index is 0.00639. The summed E-state index contributed by atoms with van der Waals surface area (Å²) >= 11 is 0. The molecule has 3 fully saturated rings. The van der Waals surface area contributed by atoms with Crippen molar-refractivity contribution in [3.63, 3.8) is 0 Å². The minimum atomic E-state index is -0.859. The summed E-state index contributed by atoms with van der Waals surface area (Å²) < 4.78 is 14.2. The lowest BCUT2D eigenvalue weighted by Gasteiger charge is -2.36. The van der Waals surface area contributed by atoms with Crippen molar-refractivity contribution in [1.82, 2.24) is 40.4 Å². The Hall–Kier alpha value is -5.74. The van der Waals surface area contributed by atoms with Gasteiger partial charge in [-0.25, -0.2) is 5.43 Å². The number of esters is 1. The summed E-state index contributed by atoms with van der Waals surface area (Å²) in [6, 6.07) is 17.0. The van der Waals surface area contributed by atoms with E-state index >= 15 is 0 Å². The van der Waals surface area contributed by atoms with Gasteiger partial charge in [0.05, 0.1) is 42.2 Å². The van der Waals surface area contributed by atoms with Crippen molar-refractivity contribution in [1.29, 1.82) is 0 Å². The second-order valence-electron chi connectivity index (χ2n) is 20.0. The van der Waals surface area contributed by atoms with Crippen molar-refractivity contribution in [2.75, 3.05) is 47.4 Å². The molecule has 3 saturated heterocycles. The van der Waals surface area contributed by atoms with E-state index in [1.807, 2.05) is 64.2 Å². The number of pyridine rings is 1. The number of carbonyl (C=O) groups is 5. The van der Waals surface area contributed by atoms with E-state index in [0.717, 1.165) is 69.4 Å². The molecule has 4 aliphatic rings. The van der Waals surface area contributed by atoms with E-state index in [1.54, 1.807) is 12.0 Å². The average Bonchev–Trinajstić information content (AvgIpc) is 3.89. The van der Waals surface area contributed by atoms with Gasteiger partial charge >= 0.3 is 5.97 Å². The first-order valence-corrected chi connectivity index (χ1v) is 24.1. The van der Waals surface area contributed by atoms with Gasteiger partial charge < -0.3 is 29.1 Å². The Labute approximate surface area is 401 Å². The number of aldehydes is 1. The SMILES string of the molecule is C=C1CNC2C(C=O)CCN2C1=O.CCn1c(-c2cccnc2C(C)OC)c2c3cc(ccc31)-c1cccc(c1)CC(NC(=O)[C@H](C(C)C)N(C)C)C(=O)N1CCC[C@H](N1)C(=O)OCC(C)(C)C2. The van der Waals surface area contributed by atoms with Crippen LogP contribution in [0.25, 0.3) is 33.3 Å². The number of ether oxygens (including phenoxy) is 2. The summed E-state index contributed by atoms with van der Waals surface area (Å²) in [5, 5.41) is 8.87. The highest BCUT2D eigenvalue weighted by Gasteiger charge is 2.41. The van der Waals surface area contributed by atoms with Crippen LogP contribution in [0.2, 0.25) is 0 Å². The van der Waals surface area contributed by atoms with Crippen LogP contribution in [0.5, 0.6) is 0 Å². The number of amides is 3. The number of aromatic nitrogens is 2. The third-order valence-corrected chi connectivity index (χ3v) is 13.8. The van der Waals surface area contributed by atoms with Crippen molar-refractivity contribution in [3.8, 4) is 22.4 Å². The van der Waals surface area contributed by atoms with E-state index in [1.165, 1.54) is 5.01 Å². The molecule has 15 heteroatoms. The maximum Gasteiger partial charge on any atom is 0.324 e. The summed E-state index contributed by atoms with van der Waals surface area (Å²) in [4.78, 5) is 72.4. The lowest BCUT2D eigenvalue weighted by molar-refractivity contribution is -0.155. The highest BCUT2D eigenvalue weighted by atomic mass is 16.5. The number of likely N-dealkylation sites (N-methyl/N-ethyl adjacent to an activating group) is 1. The van der Waals surface area contributed by atoms with Crippen LogP contribution in [0, 0.1) is 17.3 Å². The van der Waals surface area contributed by atoms with Gasteiger partial charge in [-0.3, -0.25) is 39.4 Å². The quantitative estimate of drug-likeness (QED) is 0.105. The molecule has 6 heterocycles. The first-order chi connectivity index (χ1) is 32.5. The zero-order valence-electron chi connectivity index (χ0n) is 41.3. The number of nitrogens with one attached hydrogen (secondary N) is 3. The fourth-order valence-corrected chi connectivity index (χ4v) is 10.3. The van der Waals surface area contributed by atoms with Gasteiger partial charge in [-0.05, 0) is 106 Å². The molecular weight excluding hydrogens is 861 g/mol. The van der Waals surface area contributed by atoms with Crippen LogP contribution < -0.4 is 16.1 Å². The lowest BCUT2D eigenvalue weighted by atomic mass is 9.84. The molecule has 0 spiro atoms. The first kappa shape index (κ1) is 50.1. The van der Waals surface area contributed by atoms with Crippen molar-refractivity contribution >= 4 is 40.9 Å². The Bertz CT molecular complexity index is 2520. The summed E-state index contributed by atoms with van der Waals surface area (Å²) in [5.74, 6) is -0.909. The number of hydrogen-bond donors (Lipinski definition) is 3. The summed E-state index contributed by atoms with van der Waals surface area (Å²) in [6.07, 6.45) is 5.27. The molecule has 3 amide bonds. The molecule has 4 aliphatic heterocycles. The van der Waals surface area contributed by atoms with E-state index in [4.69, 9.17) is 14.5 Å². The van der Waals surface area contributed by atoms with Gasteiger partial charge in [-0.2, -0.15) is 0 Å². The fraction of sp³-hybridized carbons (Fsp3) is 0.509. The van der Waals surface area contributed by atoms with Gasteiger partial charge in [0.1, 0.15) is 18.4 Å². The summed E-state index contributed by atoms with van der Waals surface area (Å²) in [5.41, 5.74) is 11.5. The summed E-state index contributed by atoms with van der Waals surface area (Å²) in [6.45, 7) is 18.6. The Morgan fingerprint density at radius 3 is 2.53 bits per heavy atom. The largest absolute Gasteiger partial charge is 0.464 e. The number of benzene rings is 2. The maximum atomic E-state index is 14.3. The molecule has 2 aromatic carbocycles. The van der Waals surface area contributed by atoms with Crippen molar-refractivity contribution in [2.45, 2.75) is 111 Å². The molecule has 0 radical (unpaired) electrons. The molecule has 15 nitrogen and oxygen atoms in total. The average molecular weight is 931 g/mol. The van der Waals surface area contributed by atoms with Gasteiger partial charge in [-0.15, -0.1) is 0 Å². The van der Waals surface area contributed by atoms with E-state index in [-0.39, 0.29) is 54.9 Å². The van der Waals surface area contributed by atoms with Crippen LogP contribution in [-0.2, 0) is 52.8 Å². The van der Waals surface area contributed by atoms with Crippen LogP contribution in [0.1, 0.15) is 83.7 Å². The second-order valence-corrected chi connectivity index (χ2v) is 20.0. The molecule has 4 aromatic rings. The third kappa shape index (κ3) is 10.6. The number of fused-ring (bicyclic) bond motifs is 7. The Balaban J connectivity index is 0.000000450. The molecule has 6 bridgehead atoms. The Morgan fingerprint density at radius 2 is 1.82 bits per heavy atom. The number of methoxy groups -OCH3 is 1. The number of aryl methyl sites for hydroxylation is 1. The monoisotopic (exact) mass is 931 g/mol. The van der Waals surface area contributed by atoms with Crippen LogP contribution in [0.15, 0.2) is 72.9 Å². The van der Waals surface area contributed by atoms with Gasteiger partial charge in [0.15, 0.2) is 0 Å². The van der Waals surface area contributed by atoms with Crippen LogP contribution in [0.4, 0.5) is 0 Å². The molecule has 6 atom stereocenters. The van der Waals surface area contributed by atoms with Gasteiger partial charge in [-0.1, -0.05) is 64.6 Å². The Kier molecular flexibility index (Phi) is 15.7. The number of hydrazine groups is 1. The molecule has 0 aliphatic carbocycles. The molecule has 68 heavy (non-hydrogen) atoms. The van der Waals surface area contributed by atoms with Crippen LogP contribution in [-0.4, -0.2) is 126 Å². The minimum Gasteiger partial charge on any atom is -0.464 e. The maximum absolute atomic E-state index is 14.3. The van der Waals surface area contributed by atoms with E-state index in [0.29, 0.717) is 44.5 Å². The van der Waals surface area contributed by atoms with Crippen molar-refractivity contribution in [3.05, 3.63) is 89.8 Å². The topological polar surface area (TPSA) is 167 Å². The number of hydrogen-bond acceptors (Lipinski definition) is 11. The predicted molar refractivity (Wildman–Crippen MR) is 263 cm³/mol. The third-order valence-electron chi connectivity index (χ3n) is 13.8. The standard InChI is InChI=1S/C44H58N6O5.C9H12N2O2/c1-10-49-37-19-18-31-24-33(37)34(40(49)32-16-12-20-45-38(32)28(4)54-9)25-44(5,6)26-55-43(53)35-17-13-21-50(47-35)42(52)36(23-29-14-11-15-30(31)22-29)46-41(51)39(27(2)3)48(7)8;1-6-4-10-8-7(5-12)2-3-11(8)9(6)13/h11-12,14-16,18-20,22,24,27-28,35-36,39,47H,10,13,17,21,23,25-26H2,1-9H3,(H,46,51);5,7-8,10H,1-4H2/t28?,35-,36?,39-;/m0./s1. The predicted octanol–water partition coefficient (Wildman–Crippen LogP) is 5.85. The van der Waals surface area contributed by atoms with Gasteiger partial charge in [0.2, 0.25) is 5.91 Å². The number of nitrogens with zero attached hydrogens (tertiary/aromatic N) is 5. The lowest BCUT2D eigenvalue weighted by Crippen LogP contribution is -2.61. The van der Waals surface area contributed by atoms with Crippen LogP contribution in [0.3, 0.4) is 0 Å².